The molecule has 0 aliphatic carbocycles. The van der Waals surface area contributed by atoms with E-state index in [0.717, 1.165) is 0 Å². The van der Waals surface area contributed by atoms with Crippen LogP contribution in [0.25, 0.3) is 0 Å². The Kier molecular flexibility index (Phi) is 3.31. The summed E-state index contributed by atoms with van der Waals surface area (Å²) in [6.07, 6.45) is 0. The average molecular weight is 208 g/mol. The van der Waals surface area contributed by atoms with E-state index >= 15 is 0 Å². The summed E-state index contributed by atoms with van der Waals surface area (Å²) in [5.74, 6) is 0.0663. The minimum absolute atomic E-state index is 0.115. The van der Waals surface area contributed by atoms with E-state index in [-0.39, 0.29) is 11.7 Å². The highest BCUT2D eigenvalue weighted by atomic mass is 16.3. The number of phenolic OH excluding ortho intramolecular Hbond substituents is 1. The summed E-state index contributed by atoms with van der Waals surface area (Å²) in [5.41, 5.74) is 0.0545. The standard InChI is InChI=1S/C11H16N2O2/c1-11(2,12-3)10(15)13-8-4-6-9(14)7-5-8/h4-7,12,14H,1-3H3,(H,13,15). The van der Waals surface area contributed by atoms with Gasteiger partial charge in [-0.15, -0.1) is 0 Å². The van der Waals surface area contributed by atoms with Crippen molar-refractivity contribution >= 4 is 11.6 Å². The first-order valence-electron chi connectivity index (χ1n) is 4.75. The van der Waals surface area contributed by atoms with Crippen molar-refractivity contribution in [3.05, 3.63) is 24.3 Å². The van der Waals surface area contributed by atoms with Gasteiger partial charge in [0.15, 0.2) is 0 Å². The number of rotatable bonds is 3. The maximum absolute atomic E-state index is 11.7. The number of hydrogen-bond donors (Lipinski definition) is 3. The molecule has 1 aromatic rings. The van der Waals surface area contributed by atoms with Gasteiger partial charge in [-0.2, -0.15) is 0 Å². The van der Waals surface area contributed by atoms with Crippen LogP contribution in [0, 0.1) is 0 Å². The molecule has 0 bridgehead atoms. The first kappa shape index (κ1) is 11.5. The van der Waals surface area contributed by atoms with Crippen LogP contribution < -0.4 is 10.6 Å². The molecule has 0 aliphatic rings. The summed E-state index contributed by atoms with van der Waals surface area (Å²) in [7, 11) is 1.73. The van der Waals surface area contributed by atoms with Crippen LogP contribution in [0.5, 0.6) is 5.75 Å². The molecule has 4 nitrogen and oxygen atoms in total. The van der Waals surface area contributed by atoms with Crippen LogP contribution in [0.4, 0.5) is 5.69 Å². The van der Waals surface area contributed by atoms with Gasteiger partial charge >= 0.3 is 0 Å². The molecule has 0 heterocycles. The fraction of sp³-hybridized carbons (Fsp3) is 0.364. The molecule has 0 saturated carbocycles. The van der Waals surface area contributed by atoms with Crippen LogP contribution in [0.2, 0.25) is 0 Å². The van der Waals surface area contributed by atoms with E-state index in [4.69, 9.17) is 5.11 Å². The van der Waals surface area contributed by atoms with Crippen molar-refractivity contribution in [3.8, 4) is 5.75 Å². The van der Waals surface area contributed by atoms with Gasteiger partial charge in [-0.05, 0) is 45.2 Å². The summed E-state index contributed by atoms with van der Waals surface area (Å²) in [6, 6.07) is 6.36. The van der Waals surface area contributed by atoms with Crippen LogP contribution >= 0.6 is 0 Å². The third-order valence-corrected chi connectivity index (χ3v) is 2.32. The van der Waals surface area contributed by atoms with E-state index in [0.29, 0.717) is 5.69 Å². The lowest BCUT2D eigenvalue weighted by Gasteiger charge is -2.22. The molecule has 82 valence electrons. The lowest BCUT2D eigenvalue weighted by Crippen LogP contribution is -2.47. The number of phenols is 1. The van der Waals surface area contributed by atoms with E-state index < -0.39 is 5.54 Å². The highest BCUT2D eigenvalue weighted by Crippen LogP contribution is 2.15. The minimum Gasteiger partial charge on any atom is -0.508 e. The number of carbonyl (C=O) groups excluding carboxylic acids is 1. The van der Waals surface area contributed by atoms with E-state index in [1.807, 2.05) is 0 Å². The molecule has 0 saturated heterocycles. The molecule has 0 aromatic heterocycles. The molecule has 0 aliphatic heterocycles. The third kappa shape index (κ3) is 2.95. The molecule has 1 rings (SSSR count). The Bertz CT molecular complexity index is 344. The second kappa shape index (κ2) is 4.31. The quantitative estimate of drug-likeness (QED) is 0.657. The highest BCUT2D eigenvalue weighted by Gasteiger charge is 2.24. The molecule has 0 spiro atoms. The van der Waals surface area contributed by atoms with Crippen LogP contribution in [-0.2, 0) is 4.79 Å². The summed E-state index contributed by atoms with van der Waals surface area (Å²) in [4.78, 5) is 11.7. The van der Waals surface area contributed by atoms with Gasteiger partial charge in [-0.1, -0.05) is 0 Å². The number of aromatic hydroxyl groups is 1. The first-order chi connectivity index (χ1) is 6.95. The van der Waals surface area contributed by atoms with Crippen molar-refractivity contribution in [3.63, 3.8) is 0 Å². The monoisotopic (exact) mass is 208 g/mol. The van der Waals surface area contributed by atoms with Gasteiger partial charge in [0, 0.05) is 5.69 Å². The maximum atomic E-state index is 11.7. The van der Waals surface area contributed by atoms with Gasteiger partial charge in [-0.25, -0.2) is 0 Å². The fourth-order valence-electron chi connectivity index (χ4n) is 0.946. The zero-order valence-electron chi connectivity index (χ0n) is 9.16. The second-order valence-corrected chi connectivity index (χ2v) is 3.88. The van der Waals surface area contributed by atoms with E-state index in [1.54, 1.807) is 33.0 Å². The predicted octanol–water partition coefficient (Wildman–Crippen LogP) is 1.33. The molecular weight excluding hydrogens is 192 g/mol. The summed E-state index contributed by atoms with van der Waals surface area (Å²) in [5, 5.41) is 14.7. The largest absolute Gasteiger partial charge is 0.508 e. The van der Waals surface area contributed by atoms with Crippen LogP contribution in [0.3, 0.4) is 0 Å². The fourth-order valence-corrected chi connectivity index (χ4v) is 0.946. The van der Waals surface area contributed by atoms with Gasteiger partial charge in [-0.3, -0.25) is 4.79 Å². The lowest BCUT2D eigenvalue weighted by molar-refractivity contribution is -0.121. The summed E-state index contributed by atoms with van der Waals surface area (Å²) in [6.45, 7) is 3.59. The van der Waals surface area contributed by atoms with Gasteiger partial charge in [0.05, 0.1) is 5.54 Å². The predicted molar refractivity (Wildman–Crippen MR) is 59.9 cm³/mol. The number of benzene rings is 1. The van der Waals surface area contributed by atoms with E-state index in [1.165, 1.54) is 12.1 Å². The number of carbonyl (C=O) groups is 1. The Morgan fingerprint density at radius 1 is 1.27 bits per heavy atom. The maximum Gasteiger partial charge on any atom is 0.244 e. The molecular formula is C11H16N2O2. The molecule has 15 heavy (non-hydrogen) atoms. The molecule has 4 heteroatoms. The summed E-state index contributed by atoms with van der Waals surface area (Å²) < 4.78 is 0. The molecule has 0 fully saturated rings. The van der Waals surface area contributed by atoms with Crippen molar-refractivity contribution in [1.29, 1.82) is 0 Å². The number of likely N-dealkylation sites (N-methyl/N-ethyl adjacent to an activating group) is 1. The third-order valence-electron chi connectivity index (χ3n) is 2.32. The van der Waals surface area contributed by atoms with Crippen LogP contribution in [-0.4, -0.2) is 23.6 Å². The summed E-state index contributed by atoms with van der Waals surface area (Å²) >= 11 is 0. The van der Waals surface area contributed by atoms with Gasteiger partial charge < -0.3 is 15.7 Å². The molecule has 3 N–H and O–H groups in total. The Hall–Kier alpha value is -1.55. The Morgan fingerprint density at radius 2 is 1.80 bits per heavy atom. The van der Waals surface area contributed by atoms with Crippen molar-refractivity contribution in [1.82, 2.24) is 5.32 Å². The number of nitrogens with one attached hydrogen (secondary N) is 2. The molecule has 1 amide bonds. The Labute approximate surface area is 89.3 Å². The topological polar surface area (TPSA) is 61.4 Å². The number of anilines is 1. The van der Waals surface area contributed by atoms with Crippen molar-refractivity contribution in [2.45, 2.75) is 19.4 Å². The van der Waals surface area contributed by atoms with Gasteiger partial charge in [0.1, 0.15) is 5.75 Å². The van der Waals surface area contributed by atoms with Crippen LogP contribution in [0.15, 0.2) is 24.3 Å². The Balaban J connectivity index is 2.71. The van der Waals surface area contributed by atoms with Crippen LogP contribution in [0.1, 0.15) is 13.8 Å². The average Bonchev–Trinajstić information content (AvgIpc) is 2.21. The minimum atomic E-state index is -0.613. The highest BCUT2D eigenvalue weighted by molar-refractivity contribution is 5.97. The van der Waals surface area contributed by atoms with Crippen molar-refractivity contribution in [2.75, 3.05) is 12.4 Å². The molecule has 0 unspecified atom stereocenters. The van der Waals surface area contributed by atoms with E-state index in [9.17, 15) is 4.79 Å². The second-order valence-electron chi connectivity index (χ2n) is 3.88. The number of hydrogen-bond acceptors (Lipinski definition) is 3. The molecule has 0 atom stereocenters. The lowest BCUT2D eigenvalue weighted by atomic mass is 10.1. The zero-order chi connectivity index (χ0) is 11.5. The Morgan fingerprint density at radius 3 is 2.27 bits per heavy atom. The SMILES string of the molecule is CNC(C)(C)C(=O)Nc1ccc(O)cc1. The number of amides is 1. The van der Waals surface area contributed by atoms with Gasteiger partial charge in [0.25, 0.3) is 0 Å². The molecule has 0 radical (unpaired) electrons. The van der Waals surface area contributed by atoms with E-state index in [2.05, 4.69) is 10.6 Å². The normalized spacial score (nSPS) is 11.1. The molecule has 1 aromatic carbocycles. The first-order valence-corrected chi connectivity index (χ1v) is 4.75. The van der Waals surface area contributed by atoms with Gasteiger partial charge in [0.2, 0.25) is 5.91 Å². The van der Waals surface area contributed by atoms with Crippen molar-refractivity contribution < 1.29 is 9.90 Å². The smallest absolute Gasteiger partial charge is 0.244 e. The zero-order valence-corrected chi connectivity index (χ0v) is 9.16. The van der Waals surface area contributed by atoms with Crippen molar-refractivity contribution in [2.24, 2.45) is 0 Å².